The molecule has 2 aliphatic rings. The molecule has 0 saturated carbocycles. The van der Waals surface area contributed by atoms with Gasteiger partial charge in [-0.1, -0.05) is 289 Å². The summed E-state index contributed by atoms with van der Waals surface area (Å²) in [6.45, 7) is 28.1. The number of hydrogen-bond acceptors (Lipinski definition) is 6. The van der Waals surface area contributed by atoms with Crippen LogP contribution in [0.1, 0.15) is 105 Å². The second-order valence-corrected chi connectivity index (χ2v) is 32.4. The zero-order valence-electron chi connectivity index (χ0n) is 61.4. The first kappa shape index (κ1) is 65.6. The van der Waals surface area contributed by atoms with Gasteiger partial charge in [-0.3, -0.25) is 0 Å². The number of para-hydroxylation sites is 3. The maximum atomic E-state index is 5.66. The van der Waals surface area contributed by atoms with Crippen molar-refractivity contribution in [1.82, 2.24) is 24.5 Å². The predicted molar refractivity (Wildman–Crippen MR) is 439 cm³/mol. The van der Waals surface area contributed by atoms with Crippen LogP contribution in [0.2, 0.25) is 0 Å². The molecule has 0 aliphatic carbocycles. The van der Waals surface area contributed by atoms with Crippen molar-refractivity contribution in [1.29, 1.82) is 0 Å². The Hall–Kier alpha value is -11.7. The number of aromatic nitrogens is 5. The molecule has 12 aromatic carbocycles. The van der Waals surface area contributed by atoms with E-state index in [1.807, 2.05) is 12.1 Å². The smallest absolute Gasteiger partial charge is 0.252 e. The molecule has 0 atom stereocenters. The van der Waals surface area contributed by atoms with E-state index in [2.05, 4.69) is 377 Å². The summed E-state index contributed by atoms with van der Waals surface area (Å²) < 4.78 is 2.43. The molecule has 17 rings (SSSR count). The summed E-state index contributed by atoms with van der Waals surface area (Å²) in [6, 6.07) is 107. The van der Waals surface area contributed by atoms with Gasteiger partial charge in [-0.2, -0.15) is 0 Å². The molecule has 3 aromatic heterocycles. The van der Waals surface area contributed by atoms with Crippen LogP contribution in [-0.2, 0) is 21.7 Å². The molecule has 506 valence electrons. The summed E-state index contributed by atoms with van der Waals surface area (Å²) in [5.74, 6) is 1.11. The van der Waals surface area contributed by atoms with Crippen LogP contribution in [-0.4, -0.2) is 31.2 Å². The van der Waals surface area contributed by atoms with E-state index in [1.54, 1.807) is 0 Å². The third-order valence-corrected chi connectivity index (χ3v) is 21.2. The molecule has 0 amide bonds. The molecule has 0 fully saturated rings. The molecule has 104 heavy (non-hydrogen) atoms. The Morgan fingerprint density at radius 3 is 1.08 bits per heavy atom. The van der Waals surface area contributed by atoms with Crippen LogP contribution in [0.15, 0.2) is 291 Å². The highest BCUT2D eigenvalue weighted by Gasteiger charge is 2.44. The molecule has 0 N–H and O–H groups in total. The van der Waals surface area contributed by atoms with E-state index in [0.29, 0.717) is 11.6 Å². The van der Waals surface area contributed by atoms with Gasteiger partial charge in [-0.15, -0.1) is 0 Å². The molecule has 0 spiro atoms. The van der Waals surface area contributed by atoms with Crippen LogP contribution in [0, 0.1) is 0 Å². The first-order valence-electron chi connectivity index (χ1n) is 36.5. The average molecular weight is 1350 g/mol. The minimum absolute atomic E-state index is 0.0579. The second kappa shape index (κ2) is 25.1. The van der Waals surface area contributed by atoms with Gasteiger partial charge in [-0.05, 0) is 156 Å². The van der Waals surface area contributed by atoms with Crippen LogP contribution in [0.5, 0.6) is 0 Å². The molecule has 0 bridgehead atoms. The molecule has 15 aromatic rings. The Morgan fingerprint density at radius 2 is 0.644 bits per heavy atom. The second-order valence-electron chi connectivity index (χ2n) is 32.4. The van der Waals surface area contributed by atoms with E-state index in [1.165, 1.54) is 61.4 Å². The highest BCUT2D eigenvalue weighted by Crippen LogP contribution is 2.50. The molecule has 0 saturated heterocycles. The van der Waals surface area contributed by atoms with E-state index in [0.717, 1.165) is 106 Å². The van der Waals surface area contributed by atoms with Crippen molar-refractivity contribution in [3.05, 3.63) is 313 Å². The van der Waals surface area contributed by atoms with Gasteiger partial charge in [-0.25, -0.2) is 19.9 Å². The van der Waals surface area contributed by atoms with Gasteiger partial charge in [0.1, 0.15) is 0 Å². The van der Waals surface area contributed by atoms with Crippen LogP contribution >= 0.6 is 0 Å². The van der Waals surface area contributed by atoms with E-state index in [4.69, 9.17) is 19.9 Å². The van der Waals surface area contributed by atoms with Crippen LogP contribution in [0.3, 0.4) is 0 Å². The van der Waals surface area contributed by atoms with Gasteiger partial charge < -0.3 is 14.4 Å². The quantitative estimate of drug-likeness (QED) is 0.127. The maximum Gasteiger partial charge on any atom is 0.252 e. The molecule has 2 aliphatic heterocycles. The number of hydrogen-bond donors (Lipinski definition) is 0. The van der Waals surface area contributed by atoms with Gasteiger partial charge >= 0.3 is 0 Å². The molecule has 7 nitrogen and oxygen atoms in total. The Bertz CT molecular complexity index is 5520. The Kier molecular flexibility index (Phi) is 15.8. The van der Waals surface area contributed by atoms with Crippen molar-refractivity contribution < 1.29 is 0 Å². The highest BCUT2D eigenvalue weighted by molar-refractivity contribution is 7.00. The maximum absolute atomic E-state index is 5.66. The lowest BCUT2D eigenvalue weighted by Gasteiger charge is -2.45. The van der Waals surface area contributed by atoms with Crippen LogP contribution in [0.25, 0.3) is 106 Å². The Labute approximate surface area is 612 Å². The van der Waals surface area contributed by atoms with Gasteiger partial charge in [0.2, 0.25) is 0 Å². The number of anilines is 6. The third-order valence-electron chi connectivity index (χ3n) is 21.2. The molecular weight excluding hydrogens is 1260 g/mol. The largest absolute Gasteiger partial charge is 0.311 e. The van der Waals surface area contributed by atoms with E-state index >= 15 is 0 Å². The molecule has 8 heteroatoms. The Balaban J connectivity index is 0.948. The fourth-order valence-corrected chi connectivity index (χ4v) is 15.5. The summed E-state index contributed by atoms with van der Waals surface area (Å²) in [4.78, 5) is 27.6. The van der Waals surface area contributed by atoms with Crippen molar-refractivity contribution in [2.75, 3.05) is 9.80 Å². The normalized spacial score (nSPS) is 12.9. The van der Waals surface area contributed by atoms with Crippen LogP contribution < -0.4 is 26.2 Å². The number of nitrogens with zero attached hydrogens (tertiary/aromatic N) is 7. The third kappa shape index (κ3) is 11.7. The van der Waals surface area contributed by atoms with Gasteiger partial charge in [0.15, 0.2) is 11.6 Å². The number of rotatable bonds is 10. The van der Waals surface area contributed by atoms with Crippen molar-refractivity contribution in [2.45, 2.75) is 105 Å². The molecule has 0 radical (unpaired) electrons. The summed E-state index contributed by atoms with van der Waals surface area (Å²) in [7, 11) is 0. The van der Waals surface area contributed by atoms with E-state index in [-0.39, 0.29) is 28.4 Å². The first-order valence-corrected chi connectivity index (χ1v) is 36.5. The molecule has 0 unspecified atom stereocenters. The minimum Gasteiger partial charge on any atom is -0.311 e. The average Bonchev–Trinajstić information content (AvgIpc) is 0.779. The summed E-state index contributed by atoms with van der Waals surface area (Å²) in [5.41, 5.74) is 29.6. The van der Waals surface area contributed by atoms with Crippen molar-refractivity contribution in [2.24, 2.45) is 0 Å². The van der Waals surface area contributed by atoms with Gasteiger partial charge in [0.05, 0.1) is 45.1 Å². The van der Waals surface area contributed by atoms with Crippen molar-refractivity contribution >= 4 is 79.0 Å². The van der Waals surface area contributed by atoms with Crippen molar-refractivity contribution in [3.8, 4) is 84.6 Å². The topological polar surface area (TPSA) is 63.0 Å². The highest BCUT2D eigenvalue weighted by atomic mass is 15.2. The number of benzene rings is 12. The van der Waals surface area contributed by atoms with Crippen LogP contribution in [0.4, 0.5) is 34.1 Å². The minimum atomic E-state index is -0.123. The fraction of sp³-hybridized carbons (Fsp3) is 0.167. The zero-order chi connectivity index (χ0) is 71.6. The van der Waals surface area contributed by atoms with Gasteiger partial charge in [0, 0.05) is 72.7 Å². The first-order chi connectivity index (χ1) is 50.1. The van der Waals surface area contributed by atoms with Crippen molar-refractivity contribution in [3.63, 3.8) is 0 Å². The monoisotopic (exact) mass is 1350 g/mol. The summed E-state index contributed by atoms with van der Waals surface area (Å²) in [5, 5.41) is 2.23. The SMILES string of the molecule is CC(C)(C)c1cc(N2c3ccccc3B3c4ccccc4N(c4cc(C(C)(C)C)cc(C(C)(C)C)c4)c4cc(-c5ccc6c(c5)c5ccccc5n6-c5cccc(-c6nc(-c7ccccc7)cc(-c7ccccc7)n6)c5-c5nc(-c6ccccc6)cc(-c6ccccc6)n5)cc2c43)cc(C(C)(C)C)c1. The van der Waals surface area contributed by atoms with E-state index < -0.39 is 0 Å². The lowest BCUT2D eigenvalue weighted by Crippen LogP contribution is -2.61. The van der Waals surface area contributed by atoms with Gasteiger partial charge in [0.25, 0.3) is 6.71 Å². The lowest BCUT2D eigenvalue weighted by atomic mass is 9.33. The Morgan fingerprint density at radius 1 is 0.269 bits per heavy atom. The fourth-order valence-electron chi connectivity index (χ4n) is 15.5. The predicted octanol–water partition coefficient (Wildman–Crippen LogP) is 23.3. The molecular formula is C96H84BN7. The summed E-state index contributed by atoms with van der Waals surface area (Å²) in [6.07, 6.45) is 0. The standard InChI is InChI=1S/C96H84BN7/c1-93(2,3)67-53-68(94(4,5)6)56-71(55-67)102-84-45-29-26-42-76(84)97-77-43-27-30-46-85(77)103(72-57-69(95(7,8)9)54-70(58-72)96(10,11)12)88-52-66(51-87(102)90(88)97)65-48-49-83-75(50-65)73-40-25-28-44-82(73)104(83)86-47-31-41-74(91-98-78(61-32-17-13-18-33-61)59-79(99-91)62-34-19-14-20-35-62)89(86)92-100-80(63-36-21-15-22-37-63)60-81(101-92)64-38-23-16-24-39-64/h13-60H,1-12H3. The number of fused-ring (bicyclic) bond motifs is 7. The zero-order valence-corrected chi connectivity index (χ0v) is 61.4. The molecule has 5 heterocycles. The van der Waals surface area contributed by atoms with E-state index in [9.17, 15) is 0 Å². The summed E-state index contributed by atoms with van der Waals surface area (Å²) >= 11 is 0. The lowest BCUT2D eigenvalue weighted by molar-refractivity contribution is 0.568.